The van der Waals surface area contributed by atoms with E-state index in [1.807, 2.05) is 17.7 Å². The first-order valence-electron chi connectivity index (χ1n) is 5.21. The van der Waals surface area contributed by atoms with Crippen LogP contribution in [-0.2, 0) is 0 Å². The van der Waals surface area contributed by atoms with Gasteiger partial charge in [-0.05, 0) is 35.9 Å². The lowest BCUT2D eigenvalue weighted by Crippen LogP contribution is -2.11. The second-order valence-corrected chi connectivity index (χ2v) is 5.17. The van der Waals surface area contributed by atoms with Gasteiger partial charge in [0, 0.05) is 21.5 Å². The zero-order valence-electron chi connectivity index (χ0n) is 9.67. The van der Waals surface area contributed by atoms with Gasteiger partial charge in [0.1, 0.15) is 0 Å². The van der Waals surface area contributed by atoms with Crippen molar-refractivity contribution in [2.75, 3.05) is 11.6 Å². The largest absolute Gasteiger partial charge is 0.322 e. The summed E-state index contributed by atoms with van der Waals surface area (Å²) in [5.74, 6) is -0.162. The fourth-order valence-corrected chi connectivity index (χ4v) is 2.68. The number of nitrogens with one attached hydrogen (secondary N) is 1. The van der Waals surface area contributed by atoms with E-state index in [9.17, 15) is 9.59 Å². The third kappa shape index (κ3) is 2.80. The van der Waals surface area contributed by atoms with Gasteiger partial charge in [0.05, 0.1) is 5.56 Å². The molecule has 18 heavy (non-hydrogen) atoms. The SMILES string of the molecule is CSc1ccc(NC(=O)c2ccsc2)cc1C=O. The van der Waals surface area contributed by atoms with Gasteiger partial charge in [-0.3, -0.25) is 9.59 Å². The number of rotatable bonds is 4. The summed E-state index contributed by atoms with van der Waals surface area (Å²) < 4.78 is 0. The Morgan fingerprint density at radius 2 is 2.22 bits per heavy atom. The molecule has 0 fully saturated rings. The number of benzene rings is 1. The Hall–Kier alpha value is -1.59. The lowest BCUT2D eigenvalue weighted by molar-refractivity contribution is 0.102. The molecule has 0 saturated carbocycles. The molecule has 1 N–H and O–H groups in total. The summed E-state index contributed by atoms with van der Waals surface area (Å²) >= 11 is 2.97. The summed E-state index contributed by atoms with van der Waals surface area (Å²) in [7, 11) is 0. The Balaban J connectivity index is 2.20. The van der Waals surface area contributed by atoms with E-state index in [0.29, 0.717) is 16.8 Å². The third-order valence-electron chi connectivity index (χ3n) is 2.40. The van der Waals surface area contributed by atoms with Crippen molar-refractivity contribution in [2.45, 2.75) is 4.90 Å². The Morgan fingerprint density at radius 3 is 2.83 bits per heavy atom. The van der Waals surface area contributed by atoms with Crippen LogP contribution >= 0.6 is 23.1 Å². The standard InChI is InChI=1S/C13H11NO2S2/c1-17-12-3-2-11(6-10(12)7-15)14-13(16)9-4-5-18-8-9/h2-8H,1H3,(H,14,16). The predicted octanol–water partition coefficient (Wildman–Crippen LogP) is 3.53. The minimum atomic E-state index is -0.162. The summed E-state index contributed by atoms with van der Waals surface area (Å²) in [6.45, 7) is 0. The van der Waals surface area contributed by atoms with Gasteiger partial charge in [0.25, 0.3) is 5.91 Å². The molecule has 1 aromatic carbocycles. The van der Waals surface area contributed by atoms with Crippen LogP contribution in [0.1, 0.15) is 20.7 Å². The smallest absolute Gasteiger partial charge is 0.256 e. The molecule has 0 bridgehead atoms. The molecule has 1 heterocycles. The highest BCUT2D eigenvalue weighted by Crippen LogP contribution is 2.23. The number of amides is 1. The molecule has 92 valence electrons. The van der Waals surface area contributed by atoms with Crippen LogP contribution < -0.4 is 5.32 Å². The van der Waals surface area contributed by atoms with Gasteiger partial charge in [-0.25, -0.2) is 0 Å². The zero-order valence-corrected chi connectivity index (χ0v) is 11.3. The van der Waals surface area contributed by atoms with Crippen LogP contribution in [0, 0.1) is 0 Å². The average Bonchev–Trinajstić information content (AvgIpc) is 2.92. The minimum absolute atomic E-state index is 0.162. The molecule has 5 heteroatoms. The highest BCUT2D eigenvalue weighted by atomic mass is 32.2. The highest BCUT2D eigenvalue weighted by molar-refractivity contribution is 7.98. The van der Waals surface area contributed by atoms with Crippen molar-refractivity contribution in [1.82, 2.24) is 0 Å². The molecule has 3 nitrogen and oxygen atoms in total. The maximum atomic E-state index is 11.8. The number of thioether (sulfide) groups is 1. The maximum absolute atomic E-state index is 11.8. The van der Waals surface area contributed by atoms with Crippen LogP contribution in [0.4, 0.5) is 5.69 Å². The van der Waals surface area contributed by atoms with Crippen molar-refractivity contribution in [3.05, 3.63) is 46.2 Å². The van der Waals surface area contributed by atoms with Crippen molar-refractivity contribution in [3.8, 4) is 0 Å². The quantitative estimate of drug-likeness (QED) is 0.687. The third-order valence-corrected chi connectivity index (χ3v) is 3.89. The molecule has 0 saturated heterocycles. The van der Waals surface area contributed by atoms with E-state index >= 15 is 0 Å². The fourth-order valence-electron chi connectivity index (χ4n) is 1.50. The summed E-state index contributed by atoms with van der Waals surface area (Å²) in [5, 5.41) is 6.40. The average molecular weight is 277 g/mol. The topological polar surface area (TPSA) is 46.2 Å². The minimum Gasteiger partial charge on any atom is -0.322 e. The normalized spacial score (nSPS) is 10.1. The number of thiophene rings is 1. The number of aldehydes is 1. The molecule has 1 amide bonds. The summed E-state index contributed by atoms with van der Waals surface area (Å²) in [6.07, 6.45) is 2.71. The summed E-state index contributed by atoms with van der Waals surface area (Å²) in [5.41, 5.74) is 1.85. The molecule has 0 aliphatic carbocycles. The van der Waals surface area contributed by atoms with Crippen LogP contribution in [0.25, 0.3) is 0 Å². The van der Waals surface area contributed by atoms with Gasteiger partial charge >= 0.3 is 0 Å². The second-order valence-electron chi connectivity index (χ2n) is 3.54. The van der Waals surface area contributed by atoms with E-state index in [-0.39, 0.29) is 5.91 Å². The van der Waals surface area contributed by atoms with Crippen LogP contribution in [0.3, 0.4) is 0 Å². The molecular weight excluding hydrogens is 266 g/mol. The van der Waals surface area contributed by atoms with Crippen molar-refractivity contribution < 1.29 is 9.59 Å². The Bertz CT molecular complexity index is 564. The molecule has 2 aromatic rings. The van der Waals surface area contributed by atoms with Gasteiger partial charge in [-0.1, -0.05) is 0 Å². The first-order valence-corrected chi connectivity index (χ1v) is 7.38. The first kappa shape index (κ1) is 12.9. The molecule has 0 aliphatic rings. The Labute approximate surface area is 113 Å². The molecule has 0 spiro atoms. The first-order chi connectivity index (χ1) is 8.74. The lowest BCUT2D eigenvalue weighted by Gasteiger charge is -2.07. The summed E-state index contributed by atoms with van der Waals surface area (Å²) in [4.78, 5) is 23.7. The molecule has 0 aliphatic heterocycles. The van der Waals surface area contributed by atoms with Crippen molar-refractivity contribution in [1.29, 1.82) is 0 Å². The van der Waals surface area contributed by atoms with Crippen LogP contribution in [0.5, 0.6) is 0 Å². The van der Waals surface area contributed by atoms with Gasteiger partial charge < -0.3 is 5.32 Å². The second kappa shape index (κ2) is 5.84. The van der Waals surface area contributed by atoms with Crippen LogP contribution in [0.2, 0.25) is 0 Å². The van der Waals surface area contributed by atoms with Crippen molar-refractivity contribution >= 4 is 41.0 Å². The van der Waals surface area contributed by atoms with E-state index in [4.69, 9.17) is 0 Å². The maximum Gasteiger partial charge on any atom is 0.256 e. The van der Waals surface area contributed by atoms with E-state index in [1.54, 1.807) is 23.6 Å². The summed E-state index contributed by atoms with van der Waals surface area (Å²) in [6, 6.07) is 7.07. The molecule has 0 unspecified atom stereocenters. The van der Waals surface area contributed by atoms with Gasteiger partial charge in [0.15, 0.2) is 6.29 Å². The fraction of sp³-hybridized carbons (Fsp3) is 0.0769. The van der Waals surface area contributed by atoms with Gasteiger partial charge in [-0.15, -0.1) is 11.8 Å². The number of anilines is 1. The number of carbonyl (C=O) groups excluding carboxylic acids is 2. The van der Waals surface area contributed by atoms with E-state index < -0.39 is 0 Å². The van der Waals surface area contributed by atoms with Crippen molar-refractivity contribution in [3.63, 3.8) is 0 Å². The molecule has 2 rings (SSSR count). The predicted molar refractivity (Wildman–Crippen MR) is 75.9 cm³/mol. The van der Waals surface area contributed by atoms with Gasteiger partial charge in [-0.2, -0.15) is 11.3 Å². The zero-order chi connectivity index (χ0) is 13.0. The molecule has 1 aromatic heterocycles. The highest BCUT2D eigenvalue weighted by Gasteiger charge is 2.08. The van der Waals surface area contributed by atoms with Gasteiger partial charge in [0.2, 0.25) is 0 Å². The van der Waals surface area contributed by atoms with E-state index in [1.165, 1.54) is 23.1 Å². The molecule has 0 radical (unpaired) electrons. The van der Waals surface area contributed by atoms with E-state index in [0.717, 1.165) is 11.2 Å². The Kier molecular flexibility index (Phi) is 4.17. The van der Waals surface area contributed by atoms with Crippen LogP contribution in [-0.4, -0.2) is 18.4 Å². The van der Waals surface area contributed by atoms with E-state index in [2.05, 4.69) is 5.32 Å². The monoisotopic (exact) mass is 277 g/mol. The Morgan fingerprint density at radius 1 is 1.39 bits per heavy atom. The molecular formula is C13H11NO2S2. The number of carbonyl (C=O) groups is 2. The van der Waals surface area contributed by atoms with Crippen molar-refractivity contribution in [2.24, 2.45) is 0 Å². The molecule has 0 atom stereocenters. The van der Waals surface area contributed by atoms with Crippen LogP contribution in [0.15, 0.2) is 39.9 Å². The number of hydrogen-bond donors (Lipinski definition) is 1. The lowest BCUT2D eigenvalue weighted by atomic mass is 10.2. The number of hydrogen-bond acceptors (Lipinski definition) is 4.